The molecular formula is C20H18BrN3O. The zero-order valence-electron chi connectivity index (χ0n) is 13.8. The Balaban J connectivity index is 1.64. The summed E-state index contributed by atoms with van der Waals surface area (Å²) < 4.78 is 1.01. The van der Waals surface area contributed by atoms with Crippen LogP contribution in [-0.2, 0) is 6.54 Å². The quantitative estimate of drug-likeness (QED) is 0.650. The number of benzene rings is 2. The smallest absolute Gasteiger partial charge is 0.253 e. The van der Waals surface area contributed by atoms with Crippen molar-refractivity contribution in [2.75, 3.05) is 5.32 Å². The fourth-order valence-corrected chi connectivity index (χ4v) is 2.59. The number of nitrogens with zero attached hydrogens (tertiary/aromatic N) is 1. The van der Waals surface area contributed by atoms with Crippen LogP contribution in [0.1, 0.15) is 21.5 Å². The molecule has 2 N–H and O–H groups in total. The second-order valence-electron chi connectivity index (χ2n) is 5.76. The van der Waals surface area contributed by atoms with Crippen LogP contribution in [-0.4, -0.2) is 10.9 Å². The maximum Gasteiger partial charge on any atom is 0.253 e. The van der Waals surface area contributed by atoms with Crippen molar-refractivity contribution in [2.45, 2.75) is 13.5 Å². The molecule has 3 aromatic rings. The van der Waals surface area contributed by atoms with E-state index in [2.05, 4.69) is 31.5 Å². The molecule has 3 rings (SSSR count). The van der Waals surface area contributed by atoms with Gasteiger partial charge in [-0.15, -0.1) is 0 Å². The molecule has 0 fully saturated rings. The van der Waals surface area contributed by atoms with E-state index in [4.69, 9.17) is 0 Å². The van der Waals surface area contributed by atoms with Crippen LogP contribution >= 0.6 is 15.9 Å². The van der Waals surface area contributed by atoms with Gasteiger partial charge in [0.05, 0.1) is 17.4 Å². The third-order valence-electron chi connectivity index (χ3n) is 3.71. The first-order chi connectivity index (χ1) is 12.1. The van der Waals surface area contributed by atoms with E-state index in [-0.39, 0.29) is 5.91 Å². The molecule has 1 amide bonds. The molecule has 0 radical (unpaired) electrons. The van der Waals surface area contributed by atoms with Gasteiger partial charge in [0.15, 0.2) is 0 Å². The third-order valence-corrected chi connectivity index (χ3v) is 4.24. The number of aryl methyl sites for hydroxylation is 1. The third kappa shape index (κ3) is 4.90. The Bertz CT molecular complexity index is 861. The first-order valence-electron chi connectivity index (χ1n) is 7.91. The average molecular weight is 396 g/mol. The lowest BCUT2D eigenvalue weighted by Gasteiger charge is -2.09. The molecule has 0 saturated heterocycles. The summed E-state index contributed by atoms with van der Waals surface area (Å²) in [6.45, 7) is 2.53. The fraction of sp³-hybridized carbons (Fsp3) is 0.100. The van der Waals surface area contributed by atoms with Crippen LogP contribution in [0.25, 0.3) is 0 Å². The zero-order chi connectivity index (χ0) is 17.6. The first-order valence-corrected chi connectivity index (χ1v) is 8.71. The SMILES string of the molecule is Cc1ccc(CNC(=O)c2cncc(Nc3ccc(Br)cc3)c2)cc1. The van der Waals surface area contributed by atoms with Crippen molar-refractivity contribution in [3.8, 4) is 0 Å². The number of nitrogens with one attached hydrogen (secondary N) is 2. The van der Waals surface area contributed by atoms with Crippen molar-refractivity contribution < 1.29 is 4.79 Å². The summed E-state index contributed by atoms with van der Waals surface area (Å²) in [5.41, 5.74) is 4.49. The number of hydrogen-bond acceptors (Lipinski definition) is 3. The Morgan fingerprint density at radius 2 is 1.72 bits per heavy atom. The van der Waals surface area contributed by atoms with Crippen molar-refractivity contribution in [3.63, 3.8) is 0 Å². The minimum atomic E-state index is -0.146. The molecule has 0 aliphatic heterocycles. The number of rotatable bonds is 5. The molecule has 25 heavy (non-hydrogen) atoms. The minimum Gasteiger partial charge on any atom is -0.354 e. The van der Waals surface area contributed by atoms with Crippen molar-refractivity contribution in [1.82, 2.24) is 10.3 Å². The van der Waals surface area contributed by atoms with Gasteiger partial charge in [-0.3, -0.25) is 9.78 Å². The molecule has 0 spiro atoms. The zero-order valence-corrected chi connectivity index (χ0v) is 15.4. The van der Waals surface area contributed by atoms with Crippen LogP contribution in [0.3, 0.4) is 0 Å². The maximum absolute atomic E-state index is 12.3. The van der Waals surface area contributed by atoms with Crippen molar-refractivity contribution in [1.29, 1.82) is 0 Å². The predicted molar refractivity (Wildman–Crippen MR) is 104 cm³/mol. The highest BCUT2D eigenvalue weighted by Gasteiger charge is 2.07. The fourth-order valence-electron chi connectivity index (χ4n) is 2.32. The summed E-state index contributed by atoms with van der Waals surface area (Å²) in [6.07, 6.45) is 3.26. The number of aromatic nitrogens is 1. The molecule has 126 valence electrons. The molecular weight excluding hydrogens is 378 g/mol. The Hall–Kier alpha value is -2.66. The highest BCUT2D eigenvalue weighted by molar-refractivity contribution is 9.10. The van der Waals surface area contributed by atoms with Gasteiger partial charge in [0, 0.05) is 22.9 Å². The predicted octanol–water partition coefficient (Wildman–Crippen LogP) is 4.83. The maximum atomic E-state index is 12.3. The van der Waals surface area contributed by atoms with Crippen LogP contribution in [0.15, 0.2) is 71.5 Å². The number of carbonyl (C=O) groups is 1. The largest absolute Gasteiger partial charge is 0.354 e. The summed E-state index contributed by atoms with van der Waals surface area (Å²) in [6, 6.07) is 17.7. The normalized spacial score (nSPS) is 10.3. The molecule has 1 heterocycles. The Morgan fingerprint density at radius 1 is 1.00 bits per heavy atom. The monoisotopic (exact) mass is 395 g/mol. The van der Waals surface area contributed by atoms with E-state index >= 15 is 0 Å². The van der Waals surface area contributed by atoms with Crippen LogP contribution < -0.4 is 10.6 Å². The Labute approximate surface area is 155 Å². The number of pyridine rings is 1. The highest BCUT2D eigenvalue weighted by Crippen LogP contribution is 2.19. The molecule has 4 nitrogen and oxygen atoms in total. The van der Waals surface area contributed by atoms with Gasteiger partial charge in [0.25, 0.3) is 5.91 Å². The Kier molecular flexibility index (Phi) is 5.46. The molecule has 0 unspecified atom stereocenters. The number of anilines is 2. The minimum absolute atomic E-state index is 0.146. The standard InChI is InChI=1S/C20H18BrN3O/c1-14-2-4-15(5-3-14)11-23-20(25)16-10-19(13-22-12-16)24-18-8-6-17(21)7-9-18/h2-10,12-13,24H,11H2,1H3,(H,23,25). The van der Waals surface area contributed by atoms with E-state index < -0.39 is 0 Å². The van der Waals surface area contributed by atoms with Crippen LogP contribution in [0.2, 0.25) is 0 Å². The van der Waals surface area contributed by atoms with Gasteiger partial charge in [-0.05, 0) is 42.8 Å². The lowest BCUT2D eigenvalue weighted by molar-refractivity contribution is 0.0950. The molecule has 0 aliphatic rings. The summed E-state index contributed by atoms with van der Waals surface area (Å²) in [5, 5.41) is 6.16. The molecule has 5 heteroatoms. The van der Waals surface area contributed by atoms with Crippen molar-refractivity contribution in [2.24, 2.45) is 0 Å². The molecule has 1 aromatic heterocycles. The van der Waals surface area contributed by atoms with E-state index in [1.165, 1.54) is 5.56 Å². The summed E-state index contributed by atoms with van der Waals surface area (Å²) in [4.78, 5) is 16.5. The second kappa shape index (κ2) is 7.94. The van der Waals surface area contributed by atoms with Crippen molar-refractivity contribution in [3.05, 3.63) is 88.2 Å². The van der Waals surface area contributed by atoms with Gasteiger partial charge < -0.3 is 10.6 Å². The first kappa shape index (κ1) is 17.2. The van der Waals surface area contributed by atoms with E-state index in [0.29, 0.717) is 12.1 Å². The van der Waals surface area contributed by atoms with E-state index in [0.717, 1.165) is 21.4 Å². The summed E-state index contributed by atoms with van der Waals surface area (Å²) in [5.74, 6) is -0.146. The van der Waals surface area contributed by atoms with Gasteiger partial charge in [-0.1, -0.05) is 45.8 Å². The van der Waals surface area contributed by atoms with Gasteiger partial charge >= 0.3 is 0 Å². The van der Waals surface area contributed by atoms with Gasteiger partial charge in [-0.2, -0.15) is 0 Å². The lowest BCUT2D eigenvalue weighted by atomic mass is 10.1. The van der Waals surface area contributed by atoms with Gasteiger partial charge in [0.2, 0.25) is 0 Å². The molecule has 0 bridgehead atoms. The second-order valence-corrected chi connectivity index (χ2v) is 6.68. The highest BCUT2D eigenvalue weighted by atomic mass is 79.9. The molecule has 0 atom stereocenters. The average Bonchev–Trinajstić information content (AvgIpc) is 2.63. The van der Waals surface area contributed by atoms with Gasteiger partial charge in [-0.25, -0.2) is 0 Å². The Morgan fingerprint density at radius 3 is 2.44 bits per heavy atom. The van der Waals surface area contributed by atoms with Crippen LogP contribution in [0.4, 0.5) is 11.4 Å². The number of hydrogen-bond donors (Lipinski definition) is 2. The molecule has 2 aromatic carbocycles. The lowest BCUT2D eigenvalue weighted by Crippen LogP contribution is -2.23. The number of amides is 1. The van der Waals surface area contributed by atoms with E-state index in [1.54, 1.807) is 18.5 Å². The summed E-state index contributed by atoms with van der Waals surface area (Å²) >= 11 is 3.41. The topological polar surface area (TPSA) is 54.0 Å². The summed E-state index contributed by atoms with van der Waals surface area (Å²) in [7, 11) is 0. The number of carbonyl (C=O) groups excluding carboxylic acids is 1. The number of halogens is 1. The van der Waals surface area contributed by atoms with E-state index in [1.807, 2.05) is 55.5 Å². The van der Waals surface area contributed by atoms with Crippen LogP contribution in [0, 0.1) is 6.92 Å². The van der Waals surface area contributed by atoms with Crippen LogP contribution in [0.5, 0.6) is 0 Å². The molecule has 0 aliphatic carbocycles. The van der Waals surface area contributed by atoms with Crippen molar-refractivity contribution >= 4 is 33.2 Å². The van der Waals surface area contributed by atoms with E-state index in [9.17, 15) is 4.79 Å². The molecule has 0 saturated carbocycles. The van der Waals surface area contributed by atoms with Gasteiger partial charge in [0.1, 0.15) is 0 Å².